The Hall–Kier alpha value is -0.120. The molecule has 3 nitrogen and oxygen atoms in total. The molecule has 2 saturated carbocycles. The number of ether oxygens (including phenoxy) is 1. The highest BCUT2D eigenvalue weighted by Gasteiger charge is 2.39. The first-order chi connectivity index (χ1) is 9.67. The molecule has 0 radical (unpaired) electrons. The molecular formula is C17H32N2O. The molecule has 0 bridgehead atoms. The lowest BCUT2D eigenvalue weighted by molar-refractivity contribution is -0.0307. The van der Waals surface area contributed by atoms with Crippen LogP contribution in [0.2, 0.25) is 0 Å². The van der Waals surface area contributed by atoms with Crippen LogP contribution in [0.5, 0.6) is 0 Å². The molecule has 0 aromatic carbocycles. The minimum absolute atomic E-state index is 0.520. The van der Waals surface area contributed by atoms with Gasteiger partial charge in [0.05, 0.1) is 13.2 Å². The van der Waals surface area contributed by atoms with Crippen LogP contribution in [0.25, 0.3) is 0 Å². The molecule has 3 rings (SSSR count). The van der Waals surface area contributed by atoms with Crippen LogP contribution in [0, 0.1) is 11.3 Å². The summed E-state index contributed by atoms with van der Waals surface area (Å²) in [4.78, 5) is 2.69. The number of hydrogen-bond acceptors (Lipinski definition) is 3. The van der Waals surface area contributed by atoms with Crippen molar-refractivity contribution in [2.24, 2.45) is 11.3 Å². The van der Waals surface area contributed by atoms with Crippen LogP contribution in [0.4, 0.5) is 0 Å². The van der Waals surface area contributed by atoms with Gasteiger partial charge in [-0.2, -0.15) is 0 Å². The van der Waals surface area contributed by atoms with Crippen LogP contribution in [0.15, 0.2) is 0 Å². The maximum atomic E-state index is 5.61. The minimum Gasteiger partial charge on any atom is -0.379 e. The highest BCUT2D eigenvalue weighted by Crippen LogP contribution is 2.40. The molecule has 1 N–H and O–H groups in total. The fourth-order valence-corrected chi connectivity index (χ4v) is 4.20. The first-order valence-electron chi connectivity index (χ1n) is 8.72. The summed E-state index contributed by atoms with van der Waals surface area (Å²) >= 11 is 0. The van der Waals surface area contributed by atoms with Gasteiger partial charge in [0.15, 0.2) is 0 Å². The molecule has 2 aliphatic carbocycles. The molecule has 0 amide bonds. The summed E-state index contributed by atoms with van der Waals surface area (Å²) in [7, 11) is 0. The Morgan fingerprint density at radius 2 is 2.10 bits per heavy atom. The zero-order valence-corrected chi connectivity index (χ0v) is 13.4. The lowest BCUT2D eigenvalue weighted by atomic mass is 9.69. The first kappa shape index (κ1) is 14.8. The van der Waals surface area contributed by atoms with Gasteiger partial charge in [-0.25, -0.2) is 0 Å². The van der Waals surface area contributed by atoms with Gasteiger partial charge in [-0.1, -0.05) is 19.8 Å². The molecule has 0 aromatic rings. The largest absolute Gasteiger partial charge is 0.379 e. The lowest BCUT2D eigenvalue weighted by Crippen LogP contribution is -2.52. The van der Waals surface area contributed by atoms with Gasteiger partial charge in [0, 0.05) is 31.7 Å². The number of nitrogens with one attached hydrogen (secondary N) is 1. The van der Waals surface area contributed by atoms with E-state index in [0.29, 0.717) is 11.5 Å². The SMILES string of the molecule is CC1CCCC(CNC2CC2)(CN2CCOCC2C)C1. The van der Waals surface area contributed by atoms with Crippen molar-refractivity contribution in [2.45, 2.75) is 64.5 Å². The van der Waals surface area contributed by atoms with E-state index in [9.17, 15) is 0 Å². The summed E-state index contributed by atoms with van der Waals surface area (Å²) in [6.45, 7) is 10.3. The molecule has 116 valence electrons. The van der Waals surface area contributed by atoms with Gasteiger partial charge in [-0.15, -0.1) is 0 Å². The van der Waals surface area contributed by atoms with Crippen molar-refractivity contribution in [3.8, 4) is 0 Å². The second kappa shape index (κ2) is 6.33. The fraction of sp³-hybridized carbons (Fsp3) is 1.00. The molecule has 3 heteroatoms. The van der Waals surface area contributed by atoms with Gasteiger partial charge >= 0.3 is 0 Å². The van der Waals surface area contributed by atoms with E-state index in [4.69, 9.17) is 4.74 Å². The molecule has 3 fully saturated rings. The molecule has 3 atom stereocenters. The van der Waals surface area contributed by atoms with Gasteiger partial charge in [-0.3, -0.25) is 4.90 Å². The zero-order valence-electron chi connectivity index (χ0n) is 13.4. The van der Waals surface area contributed by atoms with E-state index in [1.54, 1.807) is 0 Å². The number of hydrogen-bond donors (Lipinski definition) is 1. The predicted molar refractivity (Wildman–Crippen MR) is 82.9 cm³/mol. The molecule has 1 heterocycles. The summed E-state index contributed by atoms with van der Waals surface area (Å²) in [5.41, 5.74) is 0.520. The Morgan fingerprint density at radius 3 is 2.80 bits per heavy atom. The Kier molecular flexibility index (Phi) is 4.68. The summed E-state index contributed by atoms with van der Waals surface area (Å²) in [5.74, 6) is 0.904. The molecular weight excluding hydrogens is 248 g/mol. The van der Waals surface area contributed by atoms with Crippen molar-refractivity contribution in [1.29, 1.82) is 0 Å². The van der Waals surface area contributed by atoms with Crippen LogP contribution in [0.1, 0.15) is 52.4 Å². The predicted octanol–water partition coefficient (Wildman–Crippen LogP) is 2.66. The molecule has 3 aliphatic rings. The summed E-state index contributed by atoms with van der Waals surface area (Å²) < 4.78 is 5.61. The van der Waals surface area contributed by atoms with Crippen molar-refractivity contribution in [1.82, 2.24) is 10.2 Å². The highest BCUT2D eigenvalue weighted by molar-refractivity contribution is 4.94. The Morgan fingerprint density at radius 1 is 1.25 bits per heavy atom. The zero-order chi connectivity index (χ0) is 14.0. The molecule has 0 spiro atoms. The van der Waals surface area contributed by atoms with E-state index in [0.717, 1.165) is 31.7 Å². The van der Waals surface area contributed by atoms with E-state index < -0.39 is 0 Å². The van der Waals surface area contributed by atoms with E-state index in [2.05, 4.69) is 24.1 Å². The maximum absolute atomic E-state index is 5.61. The van der Waals surface area contributed by atoms with Gasteiger partial charge in [0.25, 0.3) is 0 Å². The van der Waals surface area contributed by atoms with E-state index >= 15 is 0 Å². The van der Waals surface area contributed by atoms with Crippen LogP contribution in [0.3, 0.4) is 0 Å². The topological polar surface area (TPSA) is 24.5 Å². The molecule has 0 aromatic heterocycles. The molecule has 20 heavy (non-hydrogen) atoms. The van der Waals surface area contributed by atoms with Crippen LogP contribution >= 0.6 is 0 Å². The third kappa shape index (κ3) is 3.75. The van der Waals surface area contributed by atoms with Crippen molar-refractivity contribution in [3.05, 3.63) is 0 Å². The van der Waals surface area contributed by atoms with Crippen molar-refractivity contribution >= 4 is 0 Å². The Labute approximate surface area is 124 Å². The summed E-state index contributed by atoms with van der Waals surface area (Å²) in [6.07, 6.45) is 8.49. The third-order valence-electron chi connectivity index (χ3n) is 5.57. The molecule has 1 aliphatic heterocycles. The average molecular weight is 280 g/mol. The fourth-order valence-electron chi connectivity index (χ4n) is 4.20. The van der Waals surface area contributed by atoms with Crippen LogP contribution < -0.4 is 5.32 Å². The quantitative estimate of drug-likeness (QED) is 0.838. The number of rotatable bonds is 5. The second-order valence-electron chi connectivity index (χ2n) is 7.75. The van der Waals surface area contributed by atoms with Crippen LogP contribution in [-0.4, -0.2) is 49.8 Å². The second-order valence-corrected chi connectivity index (χ2v) is 7.75. The van der Waals surface area contributed by atoms with Crippen molar-refractivity contribution in [3.63, 3.8) is 0 Å². The molecule has 3 unspecified atom stereocenters. The normalized spacial score (nSPS) is 39.9. The van der Waals surface area contributed by atoms with Gasteiger partial charge < -0.3 is 10.1 Å². The molecule has 1 saturated heterocycles. The highest BCUT2D eigenvalue weighted by atomic mass is 16.5. The Balaban J connectivity index is 1.63. The summed E-state index contributed by atoms with van der Waals surface area (Å²) in [6, 6.07) is 1.44. The number of nitrogens with zero attached hydrogens (tertiary/aromatic N) is 1. The lowest BCUT2D eigenvalue weighted by Gasteiger charge is -2.46. The smallest absolute Gasteiger partial charge is 0.0619 e. The van der Waals surface area contributed by atoms with Gasteiger partial charge in [-0.05, 0) is 43.9 Å². The van der Waals surface area contributed by atoms with Gasteiger partial charge in [0.2, 0.25) is 0 Å². The summed E-state index contributed by atoms with van der Waals surface area (Å²) in [5, 5.41) is 3.83. The van der Waals surface area contributed by atoms with E-state index in [-0.39, 0.29) is 0 Å². The van der Waals surface area contributed by atoms with Crippen LogP contribution in [-0.2, 0) is 4.74 Å². The average Bonchev–Trinajstić information content (AvgIpc) is 3.24. The van der Waals surface area contributed by atoms with Crippen molar-refractivity contribution < 1.29 is 4.74 Å². The van der Waals surface area contributed by atoms with Crippen molar-refractivity contribution in [2.75, 3.05) is 32.8 Å². The minimum atomic E-state index is 0.520. The first-order valence-corrected chi connectivity index (χ1v) is 8.72. The van der Waals surface area contributed by atoms with Gasteiger partial charge in [0.1, 0.15) is 0 Å². The standard InChI is InChI=1S/C17H32N2O/c1-14-4-3-7-17(10-14,12-18-16-5-6-16)13-19-8-9-20-11-15(19)2/h14-16,18H,3-13H2,1-2H3. The number of morpholine rings is 1. The monoisotopic (exact) mass is 280 g/mol. The van der Waals surface area contributed by atoms with E-state index in [1.807, 2.05) is 0 Å². The Bertz CT molecular complexity index is 318. The van der Waals surface area contributed by atoms with E-state index in [1.165, 1.54) is 51.6 Å². The third-order valence-corrected chi connectivity index (χ3v) is 5.57. The maximum Gasteiger partial charge on any atom is 0.0619 e.